The van der Waals surface area contributed by atoms with E-state index in [2.05, 4.69) is 25.0 Å². The molecule has 3 rings (SSSR count). The van der Waals surface area contributed by atoms with E-state index in [1.54, 1.807) is 0 Å². The Hall–Kier alpha value is -2.16. The number of hydrogen-bond donors (Lipinski definition) is 1. The molecule has 0 amide bonds. The third kappa shape index (κ3) is 2.01. The maximum Gasteiger partial charge on any atom is 0.435 e. The first kappa shape index (κ1) is 11.9. The van der Waals surface area contributed by atoms with Crippen molar-refractivity contribution in [2.45, 2.75) is 6.18 Å². The van der Waals surface area contributed by atoms with Gasteiger partial charge in [-0.3, -0.25) is 0 Å². The van der Waals surface area contributed by atoms with E-state index in [1.807, 2.05) is 0 Å². The van der Waals surface area contributed by atoms with Gasteiger partial charge in [0, 0.05) is 6.20 Å². The van der Waals surface area contributed by atoms with E-state index in [0.717, 1.165) is 16.9 Å². The molecule has 0 aliphatic heterocycles. The summed E-state index contributed by atoms with van der Waals surface area (Å²) in [4.78, 5) is 14.3. The zero-order valence-corrected chi connectivity index (χ0v) is 9.74. The van der Waals surface area contributed by atoms with Crippen molar-refractivity contribution in [2.75, 3.05) is 0 Å². The molecule has 1 N–H and O–H groups in total. The number of H-pyrrole nitrogens is 1. The Labute approximate surface area is 108 Å². The van der Waals surface area contributed by atoms with Crippen molar-refractivity contribution in [3.8, 4) is 5.82 Å². The van der Waals surface area contributed by atoms with Crippen LogP contribution in [0.15, 0.2) is 18.6 Å². The minimum atomic E-state index is -4.52. The molecular weight excluding hydrogens is 285 g/mol. The number of rotatable bonds is 1. The van der Waals surface area contributed by atoms with E-state index in [1.165, 1.54) is 6.33 Å². The van der Waals surface area contributed by atoms with Crippen LogP contribution < -0.4 is 0 Å². The second-order valence-corrected chi connectivity index (χ2v) is 3.90. The number of fused-ring (bicyclic) bond motifs is 1. The first-order valence-electron chi connectivity index (χ1n) is 4.95. The normalized spacial score (nSPS) is 12.2. The third-order valence-corrected chi connectivity index (χ3v) is 2.50. The maximum atomic E-state index is 12.5. The smallest absolute Gasteiger partial charge is 0.340 e. The number of imidazole rings is 1. The van der Waals surface area contributed by atoms with Crippen molar-refractivity contribution in [2.24, 2.45) is 0 Å². The molecule has 0 fully saturated rings. The molecule has 0 unspecified atom stereocenters. The Balaban J connectivity index is 2.19. The van der Waals surface area contributed by atoms with E-state index in [0.29, 0.717) is 5.52 Å². The van der Waals surface area contributed by atoms with Crippen molar-refractivity contribution in [3.05, 3.63) is 29.6 Å². The molecule has 0 bridgehead atoms. The van der Waals surface area contributed by atoms with Gasteiger partial charge in [0.15, 0.2) is 17.2 Å². The van der Waals surface area contributed by atoms with E-state index >= 15 is 0 Å². The summed E-state index contributed by atoms with van der Waals surface area (Å²) >= 11 is 5.69. The number of halogens is 4. The molecule has 0 radical (unpaired) electrons. The number of nitrogens with zero attached hydrogens (tertiary/aromatic N) is 5. The first-order chi connectivity index (χ1) is 8.95. The highest BCUT2D eigenvalue weighted by molar-refractivity contribution is 6.28. The average Bonchev–Trinajstić information content (AvgIpc) is 2.94. The highest BCUT2D eigenvalue weighted by Gasteiger charge is 2.34. The molecule has 3 aromatic rings. The van der Waals surface area contributed by atoms with Gasteiger partial charge in [-0.2, -0.15) is 28.2 Å². The van der Waals surface area contributed by atoms with Crippen LogP contribution in [0.5, 0.6) is 0 Å². The lowest BCUT2D eigenvalue weighted by molar-refractivity contribution is -0.141. The van der Waals surface area contributed by atoms with Crippen LogP contribution in [0, 0.1) is 0 Å². The summed E-state index contributed by atoms with van der Waals surface area (Å²) in [6.07, 6.45) is -2.04. The lowest BCUT2D eigenvalue weighted by Crippen LogP contribution is -2.08. The van der Waals surface area contributed by atoms with E-state index in [9.17, 15) is 13.2 Å². The maximum absolute atomic E-state index is 12.5. The number of aromatic nitrogens is 6. The Morgan fingerprint density at radius 2 is 2.05 bits per heavy atom. The van der Waals surface area contributed by atoms with Gasteiger partial charge in [-0.1, -0.05) is 0 Å². The molecule has 0 saturated carbocycles. The second kappa shape index (κ2) is 3.92. The van der Waals surface area contributed by atoms with Crippen LogP contribution in [-0.4, -0.2) is 29.7 Å². The highest BCUT2D eigenvalue weighted by Crippen LogP contribution is 2.28. The lowest BCUT2D eigenvalue weighted by Gasteiger charge is -2.03. The summed E-state index contributed by atoms with van der Waals surface area (Å²) in [5.41, 5.74) is -0.421. The Kier molecular flexibility index (Phi) is 2.45. The van der Waals surface area contributed by atoms with E-state index in [4.69, 9.17) is 11.6 Å². The van der Waals surface area contributed by atoms with Gasteiger partial charge in [0.25, 0.3) is 0 Å². The number of nitrogens with one attached hydrogen (secondary N) is 1. The van der Waals surface area contributed by atoms with Crippen molar-refractivity contribution >= 4 is 22.8 Å². The predicted octanol–water partition coefficient (Wildman–Crippen LogP) is 2.21. The van der Waals surface area contributed by atoms with Crippen LogP contribution >= 0.6 is 11.6 Å². The predicted molar refractivity (Wildman–Crippen MR) is 58.8 cm³/mol. The molecule has 10 heteroatoms. The second-order valence-electron chi connectivity index (χ2n) is 3.56. The van der Waals surface area contributed by atoms with Gasteiger partial charge in [0.1, 0.15) is 5.52 Å². The van der Waals surface area contributed by atoms with Crippen LogP contribution in [0.25, 0.3) is 17.0 Å². The molecule has 0 aromatic carbocycles. The fourth-order valence-corrected chi connectivity index (χ4v) is 1.71. The number of aromatic amines is 1. The molecule has 0 aliphatic rings. The largest absolute Gasteiger partial charge is 0.435 e. The molecule has 0 atom stereocenters. The molecule has 6 nitrogen and oxygen atoms in total. The van der Waals surface area contributed by atoms with Crippen LogP contribution in [0.3, 0.4) is 0 Å². The van der Waals surface area contributed by atoms with Crippen molar-refractivity contribution in [1.29, 1.82) is 0 Å². The van der Waals surface area contributed by atoms with Crippen LogP contribution in [0.2, 0.25) is 5.28 Å². The van der Waals surface area contributed by atoms with Crippen LogP contribution in [0.4, 0.5) is 13.2 Å². The van der Waals surface area contributed by atoms with E-state index in [-0.39, 0.29) is 16.7 Å². The monoisotopic (exact) mass is 288 g/mol. The summed E-state index contributed by atoms with van der Waals surface area (Å²) < 4.78 is 38.5. The standard InChI is InChI=1S/C9H4ClF3N6/c10-8-16-6-5(14-3-15-6)7(17-8)19-2-1-4(18-19)9(11,12)13/h1-3H,(H,14,15,16,17). The summed E-state index contributed by atoms with van der Waals surface area (Å²) in [6, 6.07) is 0.845. The minimum absolute atomic E-state index is 0.100. The van der Waals surface area contributed by atoms with Gasteiger partial charge in [0.2, 0.25) is 5.28 Å². The number of hydrogen-bond acceptors (Lipinski definition) is 4. The molecule has 0 aliphatic carbocycles. The van der Waals surface area contributed by atoms with Gasteiger partial charge >= 0.3 is 6.18 Å². The Morgan fingerprint density at radius 3 is 2.74 bits per heavy atom. The lowest BCUT2D eigenvalue weighted by atomic mass is 10.4. The topological polar surface area (TPSA) is 72.3 Å². The molecule has 3 aromatic heterocycles. The molecular formula is C9H4ClF3N6. The van der Waals surface area contributed by atoms with Crippen molar-refractivity contribution in [1.82, 2.24) is 29.7 Å². The van der Waals surface area contributed by atoms with Gasteiger partial charge in [-0.25, -0.2) is 9.67 Å². The minimum Gasteiger partial charge on any atom is -0.340 e. The fraction of sp³-hybridized carbons (Fsp3) is 0.111. The van der Waals surface area contributed by atoms with E-state index < -0.39 is 11.9 Å². The van der Waals surface area contributed by atoms with Gasteiger partial charge in [-0.05, 0) is 17.7 Å². The van der Waals surface area contributed by atoms with Crippen LogP contribution in [-0.2, 0) is 6.18 Å². The third-order valence-electron chi connectivity index (χ3n) is 2.34. The van der Waals surface area contributed by atoms with Crippen molar-refractivity contribution < 1.29 is 13.2 Å². The average molecular weight is 289 g/mol. The molecule has 19 heavy (non-hydrogen) atoms. The Morgan fingerprint density at radius 1 is 1.26 bits per heavy atom. The summed E-state index contributed by atoms with van der Waals surface area (Å²) in [7, 11) is 0. The van der Waals surface area contributed by atoms with Crippen LogP contribution in [0.1, 0.15) is 5.69 Å². The molecule has 3 heterocycles. The quantitative estimate of drug-likeness (QED) is 0.697. The first-order valence-corrected chi connectivity index (χ1v) is 5.33. The molecule has 0 saturated heterocycles. The van der Waals surface area contributed by atoms with Gasteiger partial charge in [-0.15, -0.1) is 0 Å². The van der Waals surface area contributed by atoms with Gasteiger partial charge < -0.3 is 4.98 Å². The summed E-state index contributed by atoms with van der Waals surface area (Å²) in [5, 5.41) is 3.29. The van der Waals surface area contributed by atoms with Crippen molar-refractivity contribution in [3.63, 3.8) is 0 Å². The highest BCUT2D eigenvalue weighted by atomic mass is 35.5. The fourth-order valence-electron chi connectivity index (χ4n) is 1.55. The molecule has 98 valence electrons. The zero-order chi connectivity index (χ0) is 13.6. The number of alkyl halides is 3. The zero-order valence-electron chi connectivity index (χ0n) is 8.98. The SMILES string of the molecule is FC(F)(F)c1ccn(-c2nc(Cl)nc3nc[nH]c23)n1. The molecule has 0 spiro atoms. The summed E-state index contributed by atoms with van der Waals surface area (Å²) in [6.45, 7) is 0. The Bertz CT molecular complexity index is 746. The van der Waals surface area contributed by atoms with Gasteiger partial charge in [0.05, 0.1) is 6.33 Å². The summed E-state index contributed by atoms with van der Waals surface area (Å²) in [5.74, 6) is 0.100.